The molecule has 29 heavy (non-hydrogen) atoms. The van der Waals surface area contributed by atoms with Gasteiger partial charge in [-0.05, 0) is 24.1 Å². The molecule has 9 heteroatoms. The molecule has 0 saturated carbocycles. The molecule has 2 unspecified atom stereocenters. The molecule has 2 aromatic rings. The van der Waals surface area contributed by atoms with E-state index in [2.05, 4.69) is 20.3 Å². The predicted octanol–water partition coefficient (Wildman–Crippen LogP) is 0.852. The summed E-state index contributed by atoms with van der Waals surface area (Å²) in [6.45, 7) is 2.23. The second-order valence-electron chi connectivity index (χ2n) is 7.11. The van der Waals surface area contributed by atoms with Gasteiger partial charge in [0.1, 0.15) is 11.9 Å². The maximum atomic E-state index is 13.1. The van der Waals surface area contributed by atoms with E-state index in [9.17, 15) is 9.18 Å². The number of ether oxygens (including phenoxy) is 1. The van der Waals surface area contributed by atoms with Crippen LogP contribution in [0, 0.1) is 11.7 Å². The number of aryl methyl sites for hydroxylation is 1. The number of guanidine groups is 1. The second-order valence-corrected chi connectivity index (χ2v) is 7.11. The largest absolute Gasteiger partial charge is 0.370 e. The maximum absolute atomic E-state index is 13.1. The van der Waals surface area contributed by atoms with E-state index in [0.717, 1.165) is 11.1 Å². The molecule has 1 aliphatic rings. The van der Waals surface area contributed by atoms with Crippen LogP contribution < -0.4 is 11.1 Å². The molecule has 1 amide bonds. The summed E-state index contributed by atoms with van der Waals surface area (Å²) in [6, 6.07) is 6.10. The lowest BCUT2D eigenvalue weighted by molar-refractivity contribution is -0.121. The summed E-state index contributed by atoms with van der Waals surface area (Å²) in [5.41, 5.74) is 7.45. The summed E-state index contributed by atoms with van der Waals surface area (Å²) in [5.74, 6) is -0.467. The number of rotatable bonds is 6. The molecule has 1 fully saturated rings. The minimum atomic E-state index is -0.438. The molecule has 156 valence electrons. The number of nitrogens with zero attached hydrogens (tertiary/aromatic N) is 4. The normalized spacial score (nSPS) is 18.5. The van der Waals surface area contributed by atoms with E-state index >= 15 is 0 Å². The van der Waals surface area contributed by atoms with Crippen molar-refractivity contribution in [1.29, 1.82) is 0 Å². The molecule has 8 nitrogen and oxygen atoms in total. The molecule has 0 radical (unpaired) electrons. The third-order valence-electron chi connectivity index (χ3n) is 4.98. The summed E-state index contributed by atoms with van der Waals surface area (Å²) in [7, 11) is 3.58. The Bertz CT molecular complexity index is 851. The van der Waals surface area contributed by atoms with Gasteiger partial charge in [0.2, 0.25) is 5.91 Å². The van der Waals surface area contributed by atoms with E-state index in [-0.39, 0.29) is 11.9 Å². The first-order valence-corrected chi connectivity index (χ1v) is 9.55. The summed E-state index contributed by atoms with van der Waals surface area (Å²) in [6.07, 6.45) is 4.08. The lowest BCUT2D eigenvalue weighted by Gasteiger charge is -2.35. The molecule has 1 saturated heterocycles. The molecule has 1 aromatic carbocycles. The highest BCUT2D eigenvalue weighted by molar-refractivity contribution is 5.82. The van der Waals surface area contributed by atoms with E-state index in [1.54, 1.807) is 30.1 Å². The van der Waals surface area contributed by atoms with Crippen LogP contribution in [0.2, 0.25) is 0 Å². The third-order valence-corrected chi connectivity index (χ3v) is 4.98. The van der Waals surface area contributed by atoms with Gasteiger partial charge in [-0.2, -0.15) is 5.10 Å². The minimum Gasteiger partial charge on any atom is -0.370 e. The number of aromatic nitrogens is 2. The summed E-state index contributed by atoms with van der Waals surface area (Å²) in [4.78, 5) is 18.4. The lowest BCUT2D eigenvalue weighted by atomic mass is 9.98. The second kappa shape index (κ2) is 9.51. The van der Waals surface area contributed by atoms with Crippen LogP contribution in [-0.2, 0) is 23.0 Å². The molecule has 1 aromatic heterocycles. The van der Waals surface area contributed by atoms with Gasteiger partial charge in [0.05, 0.1) is 25.3 Å². The number of hydrogen-bond donors (Lipinski definition) is 2. The number of carbonyl (C=O) groups is 1. The average Bonchev–Trinajstić information content (AvgIpc) is 3.15. The molecule has 0 aliphatic carbocycles. The van der Waals surface area contributed by atoms with Crippen molar-refractivity contribution in [3.05, 3.63) is 53.6 Å². The number of nitrogens with two attached hydrogens (primary N) is 1. The van der Waals surface area contributed by atoms with Gasteiger partial charge in [0.15, 0.2) is 5.96 Å². The number of amides is 1. The fourth-order valence-electron chi connectivity index (χ4n) is 3.37. The molecular formula is C20H27FN6O2. The predicted molar refractivity (Wildman–Crippen MR) is 108 cm³/mol. The lowest BCUT2D eigenvalue weighted by Crippen LogP contribution is -2.50. The first-order chi connectivity index (χ1) is 14.0. The standard InChI is InChI=1S/C20H27FN6O2/c1-23-20(27-7-8-29-18(13-27)16-11-25-26(2)12-16)24-10-15(19(22)28)9-14-3-5-17(21)6-4-14/h3-6,11-12,15,18H,7-10,13H2,1-2H3,(H2,22,28)(H,23,24). The van der Waals surface area contributed by atoms with Gasteiger partial charge >= 0.3 is 0 Å². The Hall–Kier alpha value is -2.94. The highest BCUT2D eigenvalue weighted by Gasteiger charge is 2.26. The Balaban J connectivity index is 1.60. The monoisotopic (exact) mass is 402 g/mol. The fourth-order valence-corrected chi connectivity index (χ4v) is 3.37. The molecule has 1 aliphatic heterocycles. The Morgan fingerprint density at radius 2 is 2.21 bits per heavy atom. The zero-order chi connectivity index (χ0) is 20.8. The third kappa shape index (κ3) is 5.54. The van der Waals surface area contributed by atoms with Crippen molar-refractivity contribution in [1.82, 2.24) is 20.0 Å². The molecule has 2 atom stereocenters. The van der Waals surface area contributed by atoms with E-state index in [1.807, 2.05) is 13.2 Å². The number of aliphatic imine (C=N–C) groups is 1. The number of morpholine rings is 1. The van der Waals surface area contributed by atoms with Crippen molar-refractivity contribution in [3.63, 3.8) is 0 Å². The van der Waals surface area contributed by atoms with Crippen molar-refractivity contribution < 1.29 is 13.9 Å². The number of primary amides is 1. The van der Waals surface area contributed by atoms with Crippen LogP contribution in [0.15, 0.2) is 41.7 Å². The van der Waals surface area contributed by atoms with Crippen LogP contribution in [0.3, 0.4) is 0 Å². The summed E-state index contributed by atoms with van der Waals surface area (Å²) >= 11 is 0. The summed E-state index contributed by atoms with van der Waals surface area (Å²) in [5, 5.41) is 7.46. The number of carbonyl (C=O) groups excluding carboxylic acids is 1. The van der Waals surface area contributed by atoms with Gasteiger partial charge in [-0.15, -0.1) is 0 Å². The van der Waals surface area contributed by atoms with E-state index in [1.165, 1.54) is 12.1 Å². The SMILES string of the molecule is CN=C(NCC(Cc1ccc(F)cc1)C(N)=O)N1CCOC(c2cnn(C)c2)C1. The van der Waals surface area contributed by atoms with Gasteiger partial charge in [0, 0.05) is 38.9 Å². The summed E-state index contributed by atoms with van der Waals surface area (Å²) < 4.78 is 20.7. The quantitative estimate of drug-likeness (QED) is 0.552. The van der Waals surface area contributed by atoms with Crippen LogP contribution in [-0.4, -0.2) is 59.8 Å². The van der Waals surface area contributed by atoms with Crippen LogP contribution in [0.4, 0.5) is 4.39 Å². The minimum absolute atomic E-state index is 0.0952. The maximum Gasteiger partial charge on any atom is 0.222 e. The zero-order valence-corrected chi connectivity index (χ0v) is 16.7. The smallest absolute Gasteiger partial charge is 0.222 e. The van der Waals surface area contributed by atoms with Crippen LogP contribution in [0.25, 0.3) is 0 Å². The zero-order valence-electron chi connectivity index (χ0n) is 16.7. The van der Waals surface area contributed by atoms with Crippen LogP contribution in [0.5, 0.6) is 0 Å². The Kier molecular flexibility index (Phi) is 6.82. The average molecular weight is 402 g/mol. The topological polar surface area (TPSA) is 97.8 Å². The van der Waals surface area contributed by atoms with Gasteiger partial charge in [-0.1, -0.05) is 12.1 Å². The van der Waals surface area contributed by atoms with E-state index in [0.29, 0.717) is 38.6 Å². The molecular weight excluding hydrogens is 375 g/mol. The van der Waals surface area contributed by atoms with Gasteiger partial charge in [-0.3, -0.25) is 14.5 Å². The Labute approximate surface area is 169 Å². The molecule has 3 N–H and O–H groups in total. The van der Waals surface area contributed by atoms with Gasteiger partial charge < -0.3 is 20.7 Å². The Morgan fingerprint density at radius 1 is 1.45 bits per heavy atom. The number of halogens is 1. The van der Waals surface area contributed by atoms with Gasteiger partial charge in [-0.25, -0.2) is 4.39 Å². The molecule has 3 rings (SSSR count). The van der Waals surface area contributed by atoms with Crippen LogP contribution >= 0.6 is 0 Å². The van der Waals surface area contributed by atoms with Crippen molar-refractivity contribution in [2.45, 2.75) is 12.5 Å². The number of benzene rings is 1. The first-order valence-electron chi connectivity index (χ1n) is 9.55. The van der Waals surface area contributed by atoms with E-state index in [4.69, 9.17) is 10.5 Å². The molecule has 0 spiro atoms. The highest BCUT2D eigenvalue weighted by Crippen LogP contribution is 2.21. The molecule has 0 bridgehead atoms. The Morgan fingerprint density at radius 3 is 2.83 bits per heavy atom. The van der Waals surface area contributed by atoms with Crippen molar-refractivity contribution in [2.24, 2.45) is 23.7 Å². The highest BCUT2D eigenvalue weighted by atomic mass is 19.1. The molecule has 2 heterocycles. The first kappa shape index (κ1) is 20.8. The number of nitrogens with one attached hydrogen (secondary N) is 1. The van der Waals surface area contributed by atoms with E-state index < -0.39 is 11.8 Å². The van der Waals surface area contributed by atoms with Crippen molar-refractivity contribution >= 4 is 11.9 Å². The van der Waals surface area contributed by atoms with Gasteiger partial charge in [0.25, 0.3) is 0 Å². The van der Waals surface area contributed by atoms with Crippen molar-refractivity contribution in [2.75, 3.05) is 33.3 Å². The number of hydrogen-bond acceptors (Lipinski definition) is 4. The van der Waals surface area contributed by atoms with Crippen LogP contribution in [0.1, 0.15) is 17.2 Å². The van der Waals surface area contributed by atoms with Crippen molar-refractivity contribution in [3.8, 4) is 0 Å². The fraction of sp³-hybridized carbons (Fsp3) is 0.450.